The van der Waals surface area contributed by atoms with Crippen LogP contribution in [-0.2, 0) is 6.54 Å². The molecule has 1 aliphatic heterocycles. The van der Waals surface area contributed by atoms with Crippen molar-refractivity contribution >= 4 is 17.3 Å². The number of piperidine rings is 1. The van der Waals surface area contributed by atoms with Gasteiger partial charge in [-0.15, -0.1) is 0 Å². The number of nitrogens with one attached hydrogen (secondary N) is 1. The Bertz CT molecular complexity index is 496. The summed E-state index contributed by atoms with van der Waals surface area (Å²) in [7, 11) is 1.97. The zero-order valence-electron chi connectivity index (χ0n) is 12.2. The maximum atomic E-state index is 12.1. The molecular formula is C14H23ClN4O. The Morgan fingerprint density at radius 1 is 1.60 bits per heavy atom. The van der Waals surface area contributed by atoms with Crippen LogP contribution in [0.3, 0.4) is 0 Å². The van der Waals surface area contributed by atoms with Crippen molar-refractivity contribution in [1.29, 1.82) is 0 Å². The van der Waals surface area contributed by atoms with Gasteiger partial charge in [0.1, 0.15) is 5.02 Å². The fraction of sp³-hybridized carbons (Fsp3) is 0.714. The van der Waals surface area contributed by atoms with Gasteiger partial charge in [0.15, 0.2) is 0 Å². The van der Waals surface area contributed by atoms with Crippen LogP contribution in [-0.4, -0.2) is 36.5 Å². The number of rotatable bonds is 5. The molecule has 0 spiro atoms. The smallest absolute Gasteiger partial charge is 0.287 e. The predicted molar refractivity (Wildman–Crippen MR) is 82.7 cm³/mol. The molecule has 1 N–H and O–H groups in total. The van der Waals surface area contributed by atoms with Crippen molar-refractivity contribution in [2.75, 3.05) is 31.6 Å². The highest BCUT2D eigenvalue weighted by Crippen LogP contribution is 2.22. The summed E-state index contributed by atoms with van der Waals surface area (Å²) in [6.45, 7) is 5.65. The topological polar surface area (TPSA) is 50.2 Å². The standard InChI is InChI=1S/C14H23ClN4O/c1-3-7-19-14(20)13(15)12(9-17-19)18(2)10-11-5-4-6-16-8-11/h9,11,16H,3-8,10H2,1-2H3. The molecule has 1 aromatic rings. The summed E-state index contributed by atoms with van der Waals surface area (Å²) in [5.41, 5.74) is 0.536. The van der Waals surface area contributed by atoms with Gasteiger partial charge >= 0.3 is 0 Å². The molecule has 5 nitrogen and oxygen atoms in total. The average Bonchev–Trinajstić information content (AvgIpc) is 2.45. The van der Waals surface area contributed by atoms with Crippen LogP contribution in [0.2, 0.25) is 5.02 Å². The second-order valence-electron chi connectivity index (χ2n) is 5.46. The van der Waals surface area contributed by atoms with Crippen molar-refractivity contribution < 1.29 is 0 Å². The highest BCUT2D eigenvalue weighted by molar-refractivity contribution is 6.33. The summed E-state index contributed by atoms with van der Waals surface area (Å²) in [5, 5.41) is 7.89. The molecule has 0 aromatic carbocycles. The summed E-state index contributed by atoms with van der Waals surface area (Å²) in [6.07, 6.45) is 5.00. The van der Waals surface area contributed by atoms with E-state index in [2.05, 4.69) is 10.4 Å². The number of halogens is 1. The second-order valence-corrected chi connectivity index (χ2v) is 5.84. The fourth-order valence-electron chi connectivity index (χ4n) is 2.66. The Kier molecular flexibility index (Phi) is 5.43. The minimum Gasteiger partial charge on any atom is -0.372 e. The van der Waals surface area contributed by atoms with E-state index in [9.17, 15) is 4.79 Å². The Morgan fingerprint density at radius 2 is 2.40 bits per heavy atom. The second kappa shape index (κ2) is 7.09. The zero-order chi connectivity index (χ0) is 14.5. The summed E-state index contributed by atoms with van der Waals surface area (Å²) in [6, 6.07) is 0. The first-order chi connectivity index (χ1) is 9.63. The number of anilines is 1. The molecule has 0 amide bonds. The van der Waals surface area contributed by atoms with Crippen molar-refractivity contribution in [3.63, 3.8) is 0 Å². The van der Waals surface area contributed by atoms with E-state index in [4.69, 9.17) is 11.6 Å². The molecule has 2 heterocycles. The van der Waals surface area contributed by atoms with Crippen molar-refractivity contribution in [2.24, 2.45) is 5.92 Å². The average molecular weight is 299 g/mol. The van der Waals surface area contributed by atoms with Crippen LogP contribution >= 0.6 is 11.6 Å². The minimum atomic E-state index is -0.195. The SMILES string of the molecule is CCCn1ncc(N(C)CC2CCCNC2)c(Cl)c1=O. The third-order valence-corrected chi connectivity index (χ3v) is 4.10. The van der Waals surface area contributed by atoms with Gasteiger partial charge < -0.3 is 10.2 Å². The Labute approximate surface area is 124 Å². The van der Waals surface area contributed by atoms with E-state index in [1.165, 1.54) is 17.5 Å². The summed E-state index contributed by atoms with van der Waals surface area (Å²) in [4.78, 5) is 14.2. The molecule has 0 aliphatic carbocycles. The maximum Gasteiger partial charge on any atom is 0.287 e. The number of aryl methyl sites for hydroxylation is 1. The van der Waals surface area contributed by atoms with E-state index in [1.807, 2.05) is 18.9 Å². The van der Waals surface area contributed by atoms with Crippen LogP contribution < -0.4 is 15.8 Å². The van der Waals surface area contributed by atoms with Gasteiger partial charge in [-0.1, -0.05) is 18.5 Å². The molecule has 6 heteroatoms. The summed E-state index contributed by atoms with van der Waals surface area (Å²) in [5.74, 6) is 0.600. The Hall–Kier alpha value is -1.07. The molecule has 0 saturated carbocycles. The van der Waals surface area contributed by atoms with Crippen molar-refractivity contribution in [3.8, 4) is 0 Å². The molecule has 2 rings (SSSR count). The molecule has 1 aromatic heterocycles. The number of aromatic nitrogens is 2. The van der Waals surface area contributed by atoms with Gasteiger partial charge in [-0.3, -0.25) is 4.79 Å². The lowest BCUT2D eigenvalue weighted by Gasteiger charge is -2.29. The third kappa shape index (κ3) is 3.52. The molecule has 1 atom stereocenters. The normalized spacial score (nSPS) is 19.1. The van der Waals surface area contributed by atoms with E-state index in [-0.39, 0.29) is 10.6 Å². The quantitative estimate of drug-likeness (QED) is 0.900. The van der Waals surface area contributed by atoms with Gasteiger partial charge in [0.05, 0.1) is 11.9 Å². The van der Waals surface area contributed by atoms with Crippen LogP contribution in [0.5, 0.6) is 0 Å². The van der Waals surface area contributed by atoms with Crippen LogP contribution in [0.25, 0.3) is 0 Å². The third-order valence-electron chi connectivity index (χ3n) is 3.74. The van der Waals surface area contributed by atoms with Crippen molar-refractivity contribution in [1.82, 2.24) is 15.1 Å². The van der Waals surface area contributed by atoms with E-state index >= 15 is 0 Å². The van der Waals surface area contributed by atoms with E-state index < -0.39 is 0 Å². The lowest BCUT2D eigenvalue weighted by atomic mass is 9.99. The van der Waals surface area contributed by atoms with Crippen LogP contribution in [0, 0.1) is 5.92 Å². The van der Waals surface area contributed by atoms with Gasteiger partial charge in [-0.05, 0) is 38.3 Å². The fourth-order valence-corrected chi connectivity index (χ4v) is 2.95. The van der Waals surface area contributed by atoms with Gasteiger partial charge in [-0.25, -0.2) is 4.68 Å². The van der Waals surface area contributed by atoms with E-state index in [0.717, 1.165) is 31.7 Å². The first-order valence-electron chi connectivity index (χ1n) is 7.31. The van der Waals surface area contributed by atoms with Gasteiger partial charge in [0.25, 0.3) is 5.56 Å². The molecule has 20 heavy (non-hydrogen) atoms. The first-order valence-corrected chi connectivity index (χ1v) is 7.68. The molecule has 0 radical (unpaired) electrons. The number of nitrogens with zero attached hydrogens (tertiary/aromatic N) is 3. The maximum absolute atomic E-state index is 12.1. The van der Waals surface area contributed by atoms with Crippen LogP contribution in [0.1, 0.15) is 26.2 Å². The lowest BCUT2D eigenvalue weighted by Crippen LogP contribution is -2.37. The summed E-state index contributed by atoms with van der Waals surface area (Å²) < 4.78 is 1.43. The van der Waals surface area contributed by atoms with Crippen LogP contribution in [0.15, 0.2) is 11.0 Å². The van der Waals surface area contributed by atoms with E-state index in [1.54, 1.807) is 6.20 Å². The molecule has 1 fully saturated rings. The Morgan fingerprint density at radius 3 is 3.05 bits per heavy atom. The highest BCUT2D eigenvalue weighted by atomic mass is 35.5. The van der Waals surface area contributed by atoms with Crippen molar-refractivity contribution in [2.45, 2.75) is 32.7 Å². The molecule has 1 aliphatic rings. The largest absolute Gasteiger partial charge is 0.372 e. The number of hydrogen-bond donors (Lipinski definition) is 1. The molecule has 0 bridgehead atoms. The lowest BCUT2D eigenvalue weighted by molar-refractivity contribution is 0.381. The van der Waals surface area contributed by atoms with Gasteiger partial charge in [0, 0.05) is 20.1 Å². The number of hydrogen-bond acceptors (Lipinski definition) is 4. The molecular weight excluding hydrogens is 276 g/mol. The summed E-state index contributed by atoms with van der Waals surface area (Å²) >= 11 is 6.22. The monoisotopic (exact) mass is 298 g/mol. The molecule has 1 unspecified atom stereocenters. The first kappa shape index (κ1) is 15.3. The minimum absolute atomic E-state index is 0.195. The van der Waals surface area contributed by atoms with Crippen LogP contribution in [0.4, 0.5) is 5.69 Å². The molecule has 112 valence electrons. The van der Waals surface area contributed by atoms with Gasteiger partial charge in [0.2, 0.25) is 0 Å². The van der Waals surface area contributed by atoms with Gasteiger partial charge in [-0.2, -0.15) is 5.10 Å². The predicted octanol–water partition coefficient (Wildman–Crippen LogP) is 1.74. The van der Waals surface area contributed by atoms with Crippen molar-refractivity contribution in [3.05, 3.63) is 21.6 Å². The molecule has 1 saturated heterocycles. The zero-order valence-corrected chi connectivity index (χ0v) is 13.0. The van der Waals surface area contributed by atoms with E-state index in [0.29, 0.717) is 12.5 Å². The highest BCUT2D eigenvalue weighted by Gasteiger charge is 2.18. The Balaban J connectivity index is 2.11.